The normalized spacial score (nSPS) is 18.9. The molecule has 29 heavy (non-hydrogen) atoms. The molecule has 0 saturated carbocycles. The monoisotopic (exact) mass is 421 g/mol. The minimum Gasteiger partial charge on any atom is -0.457 e. The van der Waals surface area contributed by atoms with Gasteiger partial charge in [0.15, 0.2) is 0 Å². The van der Waals surface area contributed by atoms with Crippen LogP contribution in [0.2, 0.25) is 0 Å². The van der Waals surface area contributed by atoms with E-state index in [1.807, 2.05) is 12.1 Å². The van der Waals surface area contributed by atoms with E-state index in [4.69, 9.17) is 4.74 Å². The summed E-state index contributed by atoms with van der Waals surface area (Å²) in [6.07, 6.45) is -4.39. The van der Waals surface area contributed by atoms with Gasteiger partial charge < -0.3 is 14.5 Å². The maximum atomic E-state index is 12.9. The summed E-state index contributed by atoms with van der Waals surface area (Å²) in [5.41, 5.74) is 0.379. The zero-order valence-electron chi connectivity index (χ0n) is 16.2. The number of ether oxygens (including phenoxy) is 1. The van der Waals surface area contributed by atoms with Crippen molar-refractivity contribution in [2.75, 3.05) is 30.3 Å². The van der Waals surface area contributed by atoms with Gasteiger partial charge in [0.25, 0.3) is 0 Å². The first-order chi connectivity index (χ1) is 13.7. The fourth-order valence-corrected chi connectivity index (χ4v) is 4.34. The van der Waals surface area contributed by atoms with Crippen LogP contribution in [0.3, 0.4) is 0 Å². The third-order valence-electron chi connectivity index (χ3n) is 4.87. The number of anilines is 1. The summed E-state index contributed by atoms with van der Waals surface area (Å²) < 4.78 is 48.9. The van der Waals surface area contributed by atoms with Crippen molar-refractivity contribution in [1.82, 2.24) is 4.90 Å². The number of fused-ring (bicyclic) bond motifs is 1. The molecule has 0 aromatic heterocycles. The third kappa shape index (κ3) is 4.47. The first-order valence-electron chi connectivity index (χ1n) is 9.39. The molecule has 0 radical (unpaired) electrons. The average molecular weight is 421 g/mol. The number of nitrogens with zero attached hydrogens (tertiary/aromatic N) is 3. The zero-order chi connectivity index (χ0) is 20.6. The minimum atomic E-state index is -4.39. The van der Waals surface area contributed by atoms with Crippen molar-refractivity contribution in [1.29, 1.82) is 0 Å². The maximum Gasteiger partial charge on any atom is 0.416 e. The van der Waals surface area contributed by atoms with Gasteiger partial charge in [0.1, 0.15) is 11.5 Å². The molecule has 0 bridgehead atoms. The SMILES string of the molecule is CC1(C)CN2CCSN=C2N(c2ccc(Oc3cccc(C(F)(F)F)c3)cc2)C1. The molecule has 0 amide bonds. The van der Waals surface area contributed by atoms with Gasteiger partial charge >= 0.3 is 6.18 Å². The standard InChI is InChI=1S/C21H22F3N3OS/c1-20(2)13-26-10-11-29-25-19(26)27(14-20)16-6-8-17(9-7-16)28-18-5-3-4-15(12-18)21(22,23)24/h3-9,12H,10-11,13-14H2,1-2H3. The van der Waals surface area contributed by atoms with Crippen molar-refractivity contribution in [3.8, 4) is 11.5 Å². The van der Waals surface area contributed by atoms with Crippen LogP contribution < -0.4 is 9.64 Å². The molecular weight excluding hydrogens is 399 g/mol. The van der Waals surface area contributed by atoms with Crippen LogP contribution in [-0.4, -0.2) is 36.2 Å². The van der Waals surface area contributed by atoms with Gasteiger partial charge in [-0.05, 0) is 54.4 Å². The first-order valence-corrected chi connectivity index (χ1v) is 10.3. The summed E-state index contributed by atoms with van der Waals surface area (Å²) in [4.78, 5) is 4.51. The summed E-state index contributed by atoms with van der Waals surface area (Å²) in [7, 11) is 0. The van der Waals surface area contributed by atoms with Gasteiger partial charge in [-0.25, -0.2) is 0 Å². The molecule has 0 spiro atoms. The number of alkyl halides is 3. The molecular formula is C21H22F3N3OS. The van der Waals surface area contributed by atoms with E-state index in [9.17, 15) is 13.2 Å². The van der Waals surface area contributed by atoms with Crippen molar-refractivity contribution in [3.63, 3.8) is 0 Å². The molecule has 2 aromatic carbocycles. The van der Waals surface area contributed by atoms with Crippen molar-refractivity contribution in [3.05, 3.63) is 54.1 Å². The highest BCUT2D eigenvalue weighted by atomic mass is 32.2. The number of rotatable bonds is 3. The van der Waals surface area contributed by atoms with E-state index < -0.39 is 11.7 Å². The topological polar surface area (TPSA) is 28.1 Å². The maximum absolute atomic E-state index is 12.9. The molecule has 0 N–H and O–H groups in total. The molecule has 0 aliphatic carbocycles. The summed E-state index contributed by atoms with van der Waals surface area (Å²) >= 11 is 1.58. The Hall–Kier alpha value is -2.35. The molecule has 1 saturated heterocycles. The highest BCUT2D eigenvalue weighted by Crippen LogP contribution is 2.35. The molecule has 1 fully saturated rings. The summed E-state index contributed by atoms with van der Waals surface area (Å²) in [5.74, 6) is 2.59. The molecule has 0 atom stereocenters. The Kier molecular flexibility index (Phi) is 5.14. The lowest BCUT2D eigenvalue weighted by Crippen LogP contribution is -2.59. The van der Waals surface area contributed by atoms with E-state index in [2.05, 4.69) is 28.0 Å². The van der Waals surface area contributed by atoms with Gasteiger partial charge in [-0.2, -0.15) is 17.6 Å². The van der Waals surface area contributed by atoms with Gasteiger partial charge in [-0.15, -0.1) is 0 Å². The van der Waals surface area contributed by atoms with Crippen LogP contribution >= 0.6 is 11.9 Å². The van der Waals surface area contributed by atoms with Crippen LogP contribution in [0.1, 0.15) is 19.4 Å². The molecule has 4 nitrogen and oxygen atoms in total. The number of halogens is 3. The van der Waals surface area contributed by atoms with Crippen LogP contribution in [-0.2, 0) is 6.18 Å². The van der Waals surface area contributed by atoms with Crippen LogP contribution in [0, 0.1) is 5.41 Å². The third-order valence-corrected chi connectivity index (χ3v) is 5.53. The highest BCUT2D eigenvalue weighted by Gasteiger charge is 2.37. The second kappa shape index (κ2) is 7.48. The van der Waals surface area contributed by atoms with Gasteiger partial charge in [0.05, 0.1) is 5.56 Å². The van der Waals surface area contributed by atoms with Gasteiger partial charge in [-0.1, -0.05) is 19.9 Å². The van der Waals surface area contributed by atoms with E-state index >= 15 is 0 Å². The predicted octanol–water partition coefficient (Wildman–Crippen LogP) is 5.66. The van der Waals surface area contributed by atoms with Crippen LogP contribution in [0.4, 0.5) is 18.9 Å². The van der Waals surface area contributed by atoms with Crippen molar-refractivity contribution in [2.45, 2.75) is 20.0 Å². The Morgan fingerprint density at radius 1 is 1.03 bits per heavy atom. The fraction of sp³-hybridized carbons (Fsp3) is 0.381. The largest absolute Gasteiger partial charge is 0.457 e. The first kappa shape index (κ1) is 19.9. The lowest BCUT2D eigenvalue weighted by Gasteiger charge is -2.47. The van der Waals surface area contributed by atoms with Crippen molar-refractivity contribution in [2.24, 2.45) is 9.81 Å². The Balaban J connectivity index is 1.54. The fourth-order valence-electron chi connectivity index (χ4n) is 3.62. The molecule has 154 valence electrons. The Morgan fingerprint density at radius 3 is 2.52 bits per heavy atom. The van der Waals surface area contributed by atoms with Gasteiger partial charge in [-0.3, -0.25) is 0 Å². The van der Waals surface area contributed by atoms with E-state index in [1.165, 1.54) is 12.1 Å². The Labute approximate surface area is 172 Å². The highest BCUT2D eigenvalue weighted by molar-refractivity contribution is 7.98. The van der Waals surface area contributed by atoms with E-state index in [0.717, 1.165) is 49.2 Å². The number of guanidine groups is 1. The molecule has 2 heterocycles. The quantitative estimate of drug-likeness (QED) is 0.598. The second-order valence-corrected chi connectivity index (χ2v) is 8.87. The summed E-state index contributed by atoms with van der Waals surface area (Å²) in [5, 5.41) is 0. The van der Waals surface area contributed by atoms with Crippen LogP contribution in [0.25, 0.3) is 0 Å². The smallest absolute Gasteiger partial charge is 0.416 e. The van der Waals surface area contributed by atoms with Gasteiger partial charge in [0.2, 0.25) is 5.96 Å². The lowest BCUT2D eigenvalue weighted by molar-refractivity contribution is -0.137. The van der Waals surface area contributed by atoms with Crippen LogP contribution in [0.15, 0.2) is 52.9 Å². The molecule has 4 rings (SSSR count). The number of hydrogen-bond donors (Lipinski definition) is 0. The average Bonchev–Trinajstić information content (AvgIpc) is 2.67. The number of benzene rings is 2. The van der Waals surface area contributed by atoms with E-state index in [0.29, 0.717) is 5.75 Å². The molecule has 8 heteroatoms. The van der Waals surface area contributed by atoms with Gasteiger partial charge in [0, 0.05) is 36.5 Å². The molecule has 2 aromatic rings. The predicted molar refractivity (Wildman–Crippen MR) is 111 cm³/mol. The Morgan fingerprint density at radius 2 is 1.79 bits per heavy atom. The zero-order valence-corrected chi connectivity index (χ0v) is 17.1. The van der Waals surface area contributed by atoms with Crippen molar-refractivity contribution < 1.29 is 17.9 Å². The van der Waals surface area contributed by atoms with E-state index in [-0.39, 0.29) is 11.2 Å². The summed E-state index contributed by atoms with van der Waals surface area (Å²) in [6, 6.07) is 12.3. The summed E-state index contributed by atoms with van der Waals surface area (Å²) in [6.45, 7) is 7.27. The lowest BCUT2D eigenvalue weighted by atomic mass is 9.89. The minimum absolute atomic E-state index is 0.119. The molecule has 2 aliphatic heterocycles. The molecule has 2 aliphatic rings. The number of hydrogen-bond acceptors (Lipinski definition) is 5. The Bertz CT molecular complexity index is 912. The van der Waals surface area contributed by atoms with Crippen LogP contribution in [0.5, 0.6) is 11.5 Å². The van der Waals surface area contributed by atoms with E-state index in [1.54, 1.807) is 24.1 Å². The molecule has 0 unspecified atom stereocenters. The van der Waals surface area contributed by atoms with Crippen molar-refractivity contribution >= 4 is 23.6 Å². The second-order valence-electron chi connectivity index (χ2n) is 8.02.